The average Bonchev–Trinajstić information content (AvgIpc) is 2.55. The number of hydrogen-bond acceptors (Lipinski definition) is 2. The number of halogens is 1. The molecule has 1 aromatic heterocycles. The van der Waals surface area contributed by atoms with Crippen molar-refractivity contribution in [2.45, 2.75) is 0 Å². The Balaban J connectivity index is 2.02. The third-order valence-corrected chi connectivity index (χ3v) is 3.59. The molecule has 0 spiro atoms. The van der Waals surface area contributed by atoms with Crippen LogP contribution in [0.3, 0.4) is 0 Å². The van der Waals surface area contributed by atoms with Crippen molar-refractivity contribution in [3.05, 3.63) is 87.8 Å². The lowest BCUT2D eigenvalue weighted by Crippen LogP contribution is -2.24. The summed E-state index contributed by atoms with van der Waals surface area (Å²) in [6.07, 6.45) is 1.53. The van der Waals surface area contributed by atoms with E-state index in [0.29, 0.717) is 16.3 Å². The van der Waals surface area contributed by atoms with Gasteiger partial charge in [-0.1, -0.05) is 48.0 Å². The number of carbonyl (C=O) groups is 1. The molecule has 0 atom stereocenters. The maximum absolute atomic E-state index is 12.6. The summed E-state index contributed by atoms with van der Waals surface area (Å²) in [5.74, 6) is -0.479. The van der Waals surface area contributed by atoms with Gasteiger partial charge in [0.1, 0.15) is 5.56 Å². The Morgan fingerprint density at radius 2 is 1.78 bits per heavy atom. The predicted molar refractivity (Wildman–Crippen MR) is 91.9 cm³/mol. The van der Waals surface area contributed by atoms with E-state index < -0.39 is 11.5 Å². The molecule has 0 aliphatic heterocycles. The molecule has 1 amide bonds. The number of pyridine rings is 1. The van der Waals surface area contributed by atoms with Crippen molar-refractivity contribution in [2.24, 2.45) is 0 Å². The van der Waals surface area contributed by atoms with Crippen LogP contribution in [0, 0.1) is 0 Å². The Labute approximate surface area is 137 Å². The molecule has 4 nitrogen and oxygen atoms in total. The molecule has 114 valence electrons. The van der Waals surface area contributed by atoms with Crippen LogP contribution in [-0.2, 0) is 0 Å². The highest BCUT2D eigenvalue weighted by atomic mass is 35.5. The zero-order valence-electron chi connectivity index (χ0n) is 12.0. The molecule has 2 aromatic carbocycles. The van der Waals surface area contributed by atoms with Crippen LogP contribution in [0.15, 0.2) is 71.7 Å². The number of anilines is 1. The van der Waals surface area contributed by atoms with Gasteiger partial charge in [-0.15, -0.1) is 0 Å². The van der Waals surface area contributed by atoms with Gasteiger partial charge in [0.25, 0.3) is 11.5 Å². The Hall–Kier alpha value is -2.85. The van der Waals surface area contributed by atoms with E-state index in [1.54, 1.807) is 30.3 Å². The molecule has 3 aromatic rings. The van der Waals surface area contributed by atoms with Gasteiger partial charge < -0.3 is 10.3 Å². The molecule has 23 heavy (non-hydrogen) atoms. The highest BCUT2D eigenvalue weighted by molar-refractivity contribution is 6.31. The lowest BCUT2D eigenvalue weighted by molar-refractivity contribution is 0.102. The third-order valence-electron chi connectivity index (χ3n) is 3.36. The summed E-state index contributed by atoms with van der Waals surface area (Å²) in [6.45, 7) is 0. The number of benzene rings is 2. The molecule has 0 bridgehead atoms. The quantitative estimate of drug-likeness (QED) is 0.766. The van der Waals surface area contributed by atoms with E-state index >= 15 is 0 Å². The van der Waals surface area contributed by atoms with Gasteiger partial charge in [0.05, 0.1) is 0 Å². The minimum Gasteiger partial charge on any atom is -0.328 e. The number of nitrogens with one attached hydrogen (secondary N) is 2. The number of amides is 1. The zero-order valence-corrected chi connectivity index (χ0v) is 12.8. The minimum absolute atomic E-state index is 0.0682. The van der Waals surface area contributed by atoms with Gasteiger partial charge >= 0.3 is 0 Å². The molecule has 5 heteroatoms. The molecule has 1 heterocycles. The van der Waals surface area contributed by atoms with E-state index in [-0.39, 0.29) is 5.56 Å². The monoisotopic (exact) mass is 324 g/mol. The van der Waals surface area contributed by atoms with Crippen LogP contribution in [0.4, 0.5) is 5.69 Å². The molecule has 0 saturated carbocycles. The lowest BCUT2D eigenvalue weighted by atomic mass is 10.0. The Morgan fingerprint density at radius 3 is 2.52 bits per heavy atom. The van der Waals surface area contributed by atoms with Crippen LogP contribution in [0.2, 0.25) is 5.02 Å². The van der Waals surface area contributed by atoms with Gasteiger partial charge in [-0.05, 0) is 29.8 Å². The fourth-order valence-electron chi connectivity index (χ4n) is 2.32. The zero-order chi connectivity index (χ0) is 16.2. The van der Waals surface area contributed by atoms with Crippen molar-refractivity contribution >= 4 is 23.2 Å². The first-order valence-corrected chi connectivity index (χ1v) is 7.37. The molecule has 0 fully saturated rings. The smallest absolute Gasteiger partial charge is 0.261 e. The van der Waals surface area contributed by atoms with Crippen molar-refractivity contribution in [3.63, 3.8) is 0 Å². The molecule has 2 N–H and O–H groups in total. The highest BCUT2D eigenvalue weighted by Crippen LogP contribution is 2.22. The van der Waals surface area contributed by atoms with Crippen molar-refractivity contribution in [2.75, 3.05) is 5.32 Å². The van der Waals surface area contributed by atoms with Crippen LogP contribution in [0.5, 0.6) is 0 Å². The second-order valence-corrected chi connectivity index (χ2v) is 5.36. The molecular weight excluding hydrogens is 312 g/mol. The normalized spacial score (nSPS) is 10.3. The number of carbonyl (C=O) groups excluding carboxylic acids is 1. The van der Waals surface area contributed by atoms with E-state index in [4.69, 9.17) is 11.6 Å². The molecule has 0 unspecified atom stereocenters. The molecular formula is C18H13ClN2O2. The number of aromatic nitrogens is 1. The predicted octanol–water partition coefficient (Wildman–Crippen LogP) is 3.95. The van der Waals surface area contributed by atoms with Gasteiger partial charge in [-0.3, -0.25) is 9.59 Å². The van der Waals surface area contributed by atoms with Crippen LogP contribution < -0.4 is 10.9 Å². The second kappa shape index (κ2) is 6.50. The van der Waals surface area contributed by atoms with Crippen LogP contribution >= 0.6 is 11.6 Å². The fourth-order valence-corrected chi connectivity index (χ4v) is 2.51. The molecule has 0 saturated heterocycles. The van der Waals surface area contributed by atoms with Gasteiger partial charge in [0.15, 0.2) is 0 Å². The Kier molecular flexibility index (Phi) is 4.26. The number of hydrogen-bond donors (Lipinski definition) is 2. The van der Waals surface area contributed by atoms with Crippen LogP contribution in [0.25, 0.3) is 11.1 Å². The van der Waals surface area contributed by atoms with Crippen LogP contribution in [0.1, 0.15) is 10.4 Å². The maximum atomic E-state index is 12.6. The maximum Gasteiger partial charge on any atom is 0.261 e. The van der Waals surface area contributed by atoms with Crippen LogP contribution in [-0.4, -0.2) is 10.9 Å². The molecule has 0 radical (unpaired) electrons. The topological polar surface area (TPSA) is 62.0 Å². The van der Waals surface area contributed by atoms with E-state index in [9.17, 15) is 9.59 Å². The van der Waals surface area contributed by atoms with Gasteiger partial charge in [-0.2, -0.15) is 0 Å². The Bertz CT molecular complexity index is 904. The first-order valence-electron chi connectivity index (χ1n) is 6.99. The molecule has 0 aliphatic rings. The summed E-state index contributed by atoms with van der Waals surface area (Å²) >= 11 is 5.91. The largest absolute Gasteiger partial charge is 0.328 e. The lowest BCUT2D eigenvalue weighted by Gasteiger charge is -2.09. The summed E-state index contributed by atoms with van der Waals surface area (Å²) in [4.78, 5) is 27.3. The van der Waals surface area contributed by atoms with Crippen molar-refractivity contribution in [1.82, 2.24) is 4.98 Å². The third kappa shape index (κ3) is 3.33. The van der Waals surface area contributed by atoms with E-state index in [1.807, 2.05) is 30.3 Å². The minimum atomic E-state index is -0.479. The van der Waals surface area contributed by atoms with Crippen molar-refractivity contribution < 1.29 is 4.79 Å². The van der Waals surface area contributed by atoms with Gasteiger partial charge in [-0.25, -0.2) is 0 Å². The first kappa shape index (κ1) is 15.1. The highest BCUT2D eigenvalue weighted by Gasteiger charge is 2.17. The summed E-state index contributed by atoms with van der Waals surface area (Å²) in [5.41, 5.74) is 1.54. The fraction of sp³-hybridized carbons (Fsp3) is 0. The average molecular weight is 325 g/mol. The first-order chi connectivity index (χ1) is 11.1. The number of H-pyrrole nitrogens is 1. The summed E-state index contributed by atoms with van der Waals surface area (Å²) < 4.78 is 0. The summed E-state index contributed by atoms with van der Waals surface area (Å²) in [5, 5.41) is 3.21. The summed E-state index contributed by atoms with van der Waals surface area (Å²) in [7, 11) is 0. The van der Waals surface area contributed by atoms with E-state index in [1.165, 1.54) is 6.20 Å². The van der Waals surface area contributed by atoms with Gasteiger partial charge in [0, 0.05) is 22.5 Å². The SMILES string of the molecule is O=C(Nc1cccc(Cl)c1)c1c(-c2ccccc2)cc[nH]c1=O. The van der Waals surface area contributed by atoms with E-state index in [0.717, 1.165) is 5.56 Å². The molecule has 3 rings (SSSR count). The summed E-state index contributed by atoms with van der Waals surface area (Å²) in [6, 6.07) is 17.8. The number of rotatable bonds is 3. The van der Waals surface area contributed by atoms with Gasteiger partial charge in [0.2, 0.25) is 0 Å². The van der Waals surface area contributed by atoms with Crippen molar-refractivity contribution in [3.8, 4) is 11.1 Å². The second-order valence-electron chi connectivity index (χ2n) is 4.93. The Morgan fingerprint density at radius 1 is 1.00 bits per heavy atom. The van der Waals surface area contributed by atoms with E-state index in [2.05, 4.69) is 10.3 Å². The molecule has 0 aliphatic carbocycles. The van der Waals surface area contributed by atoms with Crippen molar-refractivity contribution in [1.29, 1.82) is 0 Å². The standard InChI is InChI=1S/C18H13ClN2O2/c19-13-7-4-8-14(11-13)21-18(23)16-15(9-10-20-17(16)22)12-5-2-1-3-6-12/h1-11H,(H,20,22)(H,21,23). The number of aromatic amines is 1.